The third-order valence-electron chi connectivity index (χ3n) is 4.54. The highest BCUT2D eigenvalue weighted by atomic mass is 79.9. The molecule has 0 aromatic carbocycles. The minimum Gasteiger partial charge on any atom is -0.355 e. The fourth-order valence-corrected chi connectivity index (χ4v) is 3.53. The van der Waals surface area contributed by atoms with Crippen molar-refractivity contribution in [3.8, 4) is 0 Å². The van der Waals surface area contributed by atoms with E-state index < -0.39 is 5.41 Å². The van der Waals surface area contributed by atoms with Crippen LogP contribution in [0.2, 0.25) is 0 Å². The molecule has 22 heavy (non-hydrogen) atoms. The predicted octanol–water partition coefficient (Wildman–Crippen LogP) is 2.12. The number of nitrogens with one attached hydrogen (secondary N) is 1. The number of carbonyl (C=O) groups is 1. The highest BCUT2D eigenvalue weighted by Gasteiger charge is 2.49. The Morgan fingerprint density at radius 1 is 1.18 bits per heavy atom. The molecular weight excluding hydrogens is 346 g/mol. The first kappa shape index (κ1) is 13.6. The minimum atomic E-state index is -0.442. The van der Waals surface area contributed by atoms with Gasteiger partial charge in [-0.1, -0.05) is 6.07 Å². The molecule has 0 bridgehead atoms. The first-order valence-corrected chi connectivity index (χ1v) is 7.98. The van der Waals surface area contributed by atoms with Crippen LogP contribution in [-0.2, 0) is 10.2 Å². The van der Waals surface area contributed by atoms with Gasteiger partial charge < -0.3 is 10.2 Å². The summed E-state index contributed by atoms with van der Waals surface area (Å²) in [6.07, 6.45) is 6.68. The van der Waals surface area contributed by atoms with Crippen LogP contribution in [0.5, 0.6) is 0 Å². The largest absolute Gasteiger partial charge is 0.355 e. The van der Waals surface area contributed by atoms with Gasteiger partial charge in [-0.2, -0.15) is 0 Å². The minimum absolute atomic E-state index is 0.0720. The maximum Gasteiger partial charge on any atom is 0.236 e. The van der Waals surface area contributed by atoms with Gasteiger partial charge in [0.1, 0.15) is 16.2 Å². The number of anilines is 2. The summed E-state index contributed by atoms with van der Waals surface area (Å²) in [5.41, 5.74) is 0.588. The van der Waals surface area contributed by atoms with Crippen LogP contribution in [0.15, 0.2) is 35.3 Å². The lowest BCUT2D eigenvalue weighted by atomic mass is 9.74. The molecule has 1 N–H and O–H groups in total. The first-order chi connectivity index (χ1) is 10.7. The van der Waals surface area contributed by atoms with Gasteiger partial charge in [0.2, 0.25) is 5.91 Å². The van der Waals surface area contributed by atoms with Crippen molar-refractivity contribution >= 4 is 33.5 Å². The Balaban J connectivity index is 1.59. The molecule has 2 aromatic rings. The van der Waals surface area contributed by atoms with Crippen LogP contribution < -0.4 is 10.2 Å². The highest BCUT2D eigenvalue weighted by Crippen LogP contribution is 2.44. The predicted molar refractivity (Wildman–Crippen MR) is 85.7 cm³/mol. The third kappa shape index (κ3) is 1.99. The average molecular weight is 360 g/mol. The quantitative estimate of drug-likeness (QED) is 0.844. The second-order valence-electron chi connectivity index (χ2n) is 5.62. The highest BCUT2D eigenvalue weighted by molar-refractivity contribution is 9.10. The molecule has 7 heteroatoms. The van der Waals surface area contributed by atoms with E-state index in [0.717, 1.165) is 41.9 Å². The zero-order chi connectivity index (χ0) is 15.2. The maximum absolute atomic E-state index is 12.5. The molecule has 1 saturated heterocycles. The summed E-state index contributed by atoms with van der Waals surface area (Å²) >= 11 is 3.29. The number of aromatic nitrogens is 3. The Morgan fingerprint density at radius 3 is 2.73 bits per heavy atom. The van der Waals surface area contributed by atoms with Gasteiger partial charge in [-0.15, -0.1) is 0 Å². The second kappa shape index (κ2) is 5.01. The maximum atomic E-state index is 12.5. The van der Waals surface area contributed by atoms with Gasteiger partial charge in [0.05, 0.1) is 17.8 Å². The van der Waals surface area contributed by atoms with Crippen LogP contribution in [0.25, 0.3) is 0 Å². The van der Waals surface area contributed by atoms with Crippen LogP contribution in [0, 0.1) is 0 Å². The molecule has 1 spiro atoms. The summed E-state index contributed by atoms with van der Waals surface area (Å²) in [6, 6.07) is 3.91. The molecule has 4 heterocycles. The van der Waals surface area contributed by atoms with Gasteiger partial charge in [-0.05, 0) is 34.8 Å². The van der Waals surface area contributed by atoms with Crippen LogP contribution >= 0.6 is 15.9 Å². The standard InChI is InChI=1S/C15H14BrN5O/c16-11-8-19-12(9-18-11)21-6-3-15(4-7-21)10-2-1-5-17-13(10)20-14(15)22/h1-2,5,8-9H,3-4,6-7H2,(H,17,20,22). The topological polar surface area (TPSA) is 71.0 Å². The van der Waals surface area contributed by atoms with E-state index in [1.165, 1.54) is 0 Å². The number of rotatable bonds is 1. The average Bonchev–Trinajstić information content (AvgIpc) is 2.82. The number of amides is 1. The van der Waals surface area contributed by atoms with Gasteiger partial charge in [0.15, 0.2) is 0 Å². The van der Waals surface area contributed by atoms with Crippen LogP contribution in [-0.4, -0.2) is 33.9 Å². The summed E-state index contributed by atoms with van der Waals surface area (Å²) in [6.45, 7) is 1.55. The van der Waals surface area contributed by atoms with Crippen molar-refractivity contribution in [1.29, 1.82) is 0 Å². The molecule has 0 saturated carbocycles. The van der Waals surface area contributed by atoms with Crippen molar-refractivity contribution in [2.75, 3.05) is 23.3 Å². The number of nitrogens with zero attached hydrogens (tertiary/aromatic N) is 4. The lowest BCUT2D eigenvalue weighted by Gasteiger charge is -2.38. The van der Waals surface area contributed by atoms with Crippen molar-refractivity contribution < 1.29 is 4.79 Å². The van der Waals surface area contributed by atoms with Gasteiger partial charge in [-0.3, -0.25) is 4.79 Å². The van der Waals surface area contributed by atoms with Crippen LogP contribution in [0.4, 0.5) is 11.6 Å². The number of piperidine rings is 1. The van der Waals surface area contributed by atoms with E-state index in [-0.39, 0.29) is 5.91 Å². The van der Waals surface area contributed by atoms with Crippen molar-refractivity contribution in [1.82, 2.24) is 15.0 Å². The monoisotopic (exact) mass is 359 g/mol. The first-order valence-electron chi connectivity index (χ1n) is 7.18. The molecule has 4 rings (SSSR count). The van der Waals surface area contributed by atoms with E-state index >= 15 is 0 Å². The van der Waals surface area contributed by atoms with E-state index in [9.17, 15) is 4.79 Å². The van der Waals surface area contributed by atoms with E-state index in [2.05, 4.69) is 41.1 Å². The summed E-state index contributed by atoms with van der Waals surface area (Å²) in [7, 11) is 0. The Hall–Kier alpha value is -2.02. The number of hydrogen-bond donors (Lipinski definition) is 1. The van der Waals surface area contributed by atoms with Gasteiger partial charge in [0.25, 0.3) is 0 Å². The van der Waals surface area contributed by atoms with Crippen molar-refractivity contribution in [2.45, 2.75) is 18.3 Å². The normalized spacial score (nSPS) is 19.1. The smallest absolute Gasteiger partial charge is 0.236 e. The molecular formula is C15H14BrN5O. The number of hydrogen-bond acceptors (Lipinski definition) is 5. The molecule has 6 nitrogen and oxygen atoms in total. The molecule has 0 aliphatic carbocycles. The summed E-state index contributed by atoms with van der Waals surface area (Å²) in [4.78, 5) is 27.5. The van der Waals surface area contributed by atoms with Crippen molar-refractivity contribution in [2.24, 2.45) is 0 Å². The molecule has 1 fully saturated rings. The molecule has 112 valence electrons. The fourth-order valence-electron chi connectivity index (χ4n) is 3.32. The molecule has 2 aliphatic rings. The van der Waals surface area contributed by atoms with E-state index in [4.69, 9.17) is 0 Å². The number of pyridine rings is 1. The Bertz CT molecular complexity index is 725. The lowest BCUT2D eigenvalue weighted by molar-refractivity contribution is -0.121. The van der Waals surface area contributed by atoms with Crippen LogP contribution in [0.3, 0.4) is 0 Å². The number of halogens is 1. The van der Waals surface area contributed by atoms with Gasteiger partial charge >= 0.3 is 0 Å². The van der Waals surface area contributed by atoms with E-state index in [0.29, 0.717) is 5.82 Å². The Morgan fingerprint density at radius 2 is 2.00 bits per heavy atom. The molecule has 1 amide bonds. The summed E-state index contributed by atoms with van der Waals surface area (Å²) in [5.74, 6) is 1.63. The molecule has 0 atom stereocenters. The number of fused-ring (bicyclic) bond motifs is 2. The molecule has 2 aliphatic heterocycles. The molecule has 0 radical (unpaired) electrons. The summed E-state index contributed by atoms with van der Waals surface area (Å²) in [5, 5.41) is 2.92. The zero-order valence-corrected chi connectivity index (χ0v) is 13.4. The number of carbonyl (C=O) groups excluding carboxylic acids is 1. The molecule has 2 aromatic heterocycles. The SMILES string of the molecule is O=C1Nc2ncccc2C12CCN(c1cnc(Br)cn1)CC2. The second-order valence-corrected chi connectivity index (χ2v) is 6.43. The van der Waals surface area contributed by atoms with Crippen LogP contribution in [0.1, 0.15) is 18.4 Å². The van der Waals surface area contributed by atoms with E-state index in [1.807, 2.05) is 12.1 Å². The van der Waals surface area contributed by atoms with Gasteiger partial charge in [0, 0.05) is 24.8 Å². The zero-order valence-electron chi connectivity index (χ0n) is 11.8. The van der Waals surface area contributed by atoms with Crippen molar-refractivity contribution in [3.05, 3.63) is 40.9 Å². The summed E-state index contributed by atoms with van der Waals surface area (Å²) < 4.78 is 0.722. The van der Waals surface area contributed by atoms with E-state index in [1.54, 1.807) is 18.6 Å². The Labute approximate surface area is 136 Å². The third-order valence-corrected chi connectivity index (χ3v) is 4.95. The molecule has 0 unspecified atom stereocenters. The van der Waals surface area contributed by atoms with Gasteiger partial charge in [-0.25, -0.2) is 15.0 Å². The Kier molecular flexibility index (Phi) is 3.11. The van der Waals surface area contributed by atoms with Crippen molar-refractivity contribution in [3.63, 3.8) is 0 Å². The lowest BCUT2D eigenvalue weighted by Crippen LogP contribution is -2.46. The fraction of sp³-hybridized carbons (Fsp3) is 0.333.